The zero-order valence-electron chi connectivity index (χ0n) is 12.9. The molecule has 3 aliphatic heterocycles. The van der Waals surface area contributed by atoms with Crippen molar-refractivity contribution in [2.75, 3.05) is 39.3 Å². The third kappa shape index (κ3) is 2.36. The number of fused-ring (bicyclic) bond motifs is 1. The number of halogens is 1. The maximum Gasteiger partial charge on any atom is 0.410 e. The lowest BCUT2D eigenvalue weighted by Crippen LogP contribution is -2.49. The van der Waals surface area contributed by atoms with Crippen molar-refractivity contribution >= 4 is 24.4 Å². The number of amides is 2. The number of hydrogen-bond acceptors (Lipinski definition) is 4. The molecule has 1 aliphatic carbocycles. The Morgan fingerprint density at radius 1 is 1.32 bits per heavy atom. The van der Waals surface area contributed by atoms with Gasteiger partial charge in [-0.1, -0.05) is 0 Å². The van der Waals surface area contributed by atoms with E-state index < -0.39 is 0 Å². The molecule has 0 aromatic rings. The van der Waals surface area contributed by atoms with E-state index in [4.69, 9.17) is 4.74 Å². The van der Waals surface area contributed by atoms with Crippen molar-refractivity contribution in [1.29, 1.82) is 0 Å². The van der Waals surface area contributed by atoms with Crippen molar-refractivity contribution in [3.63, 3.8) is 0 Å². The molecule has 22 heavy (non-hydrogen) atoms. The summed E-state index contributed by atoms with van der Waals surface area (Å²) in [4.78, 5) is 28.1. The lowest BCUT2D eigenvalue weighted by Gasteiger charge is -2.37. The molecule has 4 aliphatic rings. The zero-order chi connectivity index (χ0) is 14.6. The molecule has 7 heteroatoms. The van der Waals surface area contributed by atoms with Gasteiger partial charge in [0.05, 0.1) is 6.54 Å². The Bertz CT molecular complexity index is 469. The number of carbonyl (C=O) groups excluding carboxylic acids is 2. The lowest BCUT2D eigenvalue weighted by atomic mass is 9.91. The number of ether oxygens (including phenoxy) is 1. The Morgan fingerprint density at radius 2 is 1.95 bits per heavy atom. The molecule has 4 rings (SSSR count). The average molecular weight is 330 g/mol. The number of piperidine rings is 2. The molecule has 0 aromatic carbocycles. The maximum atomic E-state index is 12.5. The second-order valence-electron chi connectivity index (χ2n) is 6.90. The monoisotopic (exact) mass is 329 g/mol. The third-order valence-corrected chi connectivity index (χ3v) is 5.79. The topological polar surface area (TPSA) is 61.9 Å². The van der Waals surface area contributed by atoms with E-state index in [9.17, 15) is 9.59 Å². The van der Waals surface area contributed by atoms with Crippen molar-refractivity contribution < 1.29 is 14.3 Å². The number of likely N-dealkylation sites (N-methyl/N-ethyl adjacent to an activating group) is 1. The van der Waals surface area contributed by atoms with Gasteiger partial charge in [0.25, 0.3) is 0 Å². The minimum Gasteiger partial charge on any atom is -0.441 e. The molecule has 3 heterocycles. The highest BCUT2D eigenvalue weighted by Gasteiger charge is 2.58. The van der Waals surface area contributed by atoms with Gasteiger partial charge < -0.3 is 19.9 Å². The molecule has 1 N–H and O–H groups in total. The van der Waals surface area contributed by atoms with Gasteiger partial charge in [-0.2, -0.15) is 0 Å². The van der Waals surface area contributed by atoms with E-state index >= 15 is 0 Å². The fourth-order valence-electron chi connectivity index (χ4n) is 4.33. The summed E-state index contributed by atoms with van der Waals surface area (Å²) in [7, 11) is 0. The first kappa shape index (κ1) is 15.9. The number of likely N-dealkylation sites (tertiary alicyclic amines) is 1. The minimum atomic E-state index is -0.342. The Balaban J connectivity index is 0.00000144. The smallest absolute Gasteiger partial charge is 0.410 e. The van der Waals surface area contributed by atoms with Crippen LogP contribution in [0.2, 0.25) is 0 Å². The standard InChI is InChI=1S/C15H23N3O3.ClH/c1-2-17-9-15(21-14(17)20)3-5-18(6-4-15)13(19)12-10-7-16-8-11(10)12;/h10-12,16H,2-9H2,1H3;1H/t10-,11+,12?;. The van der Waals surface area contributed by atoms with Crippen LogP contribution in [0.3, 0.4) is 0 Å². The molecule has 1 saturated carbocycles. The Morgan fingerprint density at radius 3 is 2.50 bits per heavy atom. The van der Waals surface area contributed by atoms with Crippen molar-refractivity contribution in [1.82, 2.24) is 15.1 Å². The van der Waals surface area contributed by atoms with E-state index in [2.05, 4.69) is 5.32 Å². The van der Waals surface area contributed by atoms with Crippen LogP contribution in [0, 0.1) is 17.8 Å². The van der Waals surface area contributed by atoms with Crippen LogP contribution in [0.25, 0.3) is 0 Å². The summed E-state index contributed by atoms with van der Waals surface area (Å²) in [6.07, 6.45) is 1.36. The van der Waals surface area contributed by atoms with Crippen molar-refractivity contribution in [2.24, 2.45) is 17.8 Å². The van der Waals surface area contributed by atoms with Crippen LogP contribution in [0.4, 0.5) is 4.79 Å². The van der Waals surface area contributed by atoms with Crippen molar-refractivity contribution in [3.05, 3.63) is 0 Å². The fourth-order valence-corrected chi connectivity index (χ4v) is 4.33. The van der Waals surface area contributed by atoms with E-state index in [1.54, 1.807) is 4.90 Å². The van der Waals surface area contributed by atoms with Gasteiger partial charge in [0, 0.05) is 38.4 Å². The summed E-state index contributed by atoms with van der Waals surface area (Å²) >= 11 is 0. The number of carbonyl (C=O) groups is 2. The Kier molecular flexibility index (Phi) is 4.01. The first-order valence-electron chi connectivity index (χ1n) is 8.11. The zero-order valence-corrected chi connectivity index (χ0v) is 13.7. The van der Waals surface area contributed by atoms with Crippen LogP contribution in [0.1, 0.15) is 19.8 Å². The van der Waals surface area contributed by atoms with Crippen LogP contribution in [-0.2, 0) is 9.53 Å². The molecule has 0 radical (unpaired) electrons. The van der Waals surface area contributed by atoms with Gasteiger partial charge in [-0.25, -0.2) is 4.79 Å². The van der Waals surface area contributed by atoms with Crippen LogP contribution < -0.4 is 5.32 Å². The largest absolute Gasteiger partial charge is 0.441 e. The van der Waals surface area contributed by atoms with Gasteiger partial charge in [-0.3, -0.25) is 4.79 Å². The molecule has 124 valence electrons. The van der Waals surface area contributed by atoms with E-state index in [0.717, 1.165) is 39.0 Å². The summed E-state index contributed by atoms with van der Waals surface area (Å²) < 4.78 is 5.61. The van der Waals surface area contributed by atoms with E-state index in [0.29, 0.717) is 30.8 Å². The highest BCUT2D eigenvalue weighted by Crippen LogP contribution is 2.50. The predicted molar refractivity (Wildman–Crippen MR) is 82.9 cm³/mol. The minimum absolute atomic E-state index is 0. The van der Waals surface area contributed by atoms with E-state index in [1.807, 2.05) is 11.8 Å². The number of rotatable bonds is 2. The summed E-state index contributed by atoms with van der Waals surface area (Å²) in [5.74, 6) is 1.75. The SMILES string of the molecule is CCN1CC2(CCN(C(=O)C3[C@H]4CNC[C@@H]34)CC2)OC1=O.Cl. The average Bonchev–Trinajstić information content (AvgIpc) is 2.82. The molecule has 0 aromatic heterocycles. The van der Waals surface area contributed by atoms with Gasteiger partial charge >= 0.3 is 6.09 Å². The maximum absolute atomic E-state index is 12.5. The first-order valence-corrected chi connectivity index (χ1v) is 8.11. The molecule has 1 unspecified atom stereocenters. The summed E-state index contributed by atoms with van der Waals surface area (Å²) in [5.41, 5.74) is -0.342. The second-order valence-corrected chi connectivity index (χ2v) is 6.90. The Labute approximate surface area is 136 Å². The van der Waals surface area contributed by atoms with Crippen molar-refractivity contribution in [3.8, 4) is 0 Å². The van der Waals surface area contributed by atoms with Gasteiger partial charge in [0.15, 0.2) is 0 Å². The Hall–Kier alpha value is -1.01. The molecule has 6 nitrogen and oxygen atoms in total. The molecular formula is C15H24ClN3O3. The van der Waals surface area contributed by atoms with Crippen molar-refractivity contribution in [2.45, 2.75) is 25.4 Å². The predicted octanol–water partition coefficient (Wildman–Crippen LogP) is 0.707. The molecule has 3 saturated heterocycles. The third-order valence-electron chi connectivity index (χ3n) is 5.79. The number of nitrogens with one attached hydrogen (secondary N) is 1. The van der Waals surface area contributed by atoms with Gasteiger partial charge in [0.1, 0.15) is 5.60 Å². The highest BCUT2D eigenvalue weighted by molar-refractivity contribution is 5.85. The van der Waals surface area contributed by atoms with Crippen LogP contribution in [-0.4, -0.2) is 66.7 Å². The molecule has 3 atom stereocenters. The number of nitrogens with zero attached hydrogens (tertiary/aromatic N) is 2. The number of hydrogen-bond donors (Lipinski definition) is 1. The van der Waals surface area contributed by atoms with Crippen LogP contribution >= 0.6 is 12.4 Å². The van der Waals surface area contributed by atoms with Gasteiger partial charge in [-0.05, 0) is 31.8 Å². The fraction of sp³-hybridized carbons (Fsp3) is 0.867. The van der Waals surface area contributed by atoms with E-state index in [-0.39, 0.29) is 30.0 Å². The normalized spacial score (nSPS) is 35.1. The van der Waals surface area contributed by atoms with Gasteiger partial charge in [0.2, 0.25) is 5.91 Å². The van der Waals surface area contributed by atoms with Crippen LogP contribution in [0.15, 0.2) is 0 Å². The molecule has 0 bridgehead atoms. The van der Waals surface area contributed by atoms with E-state index in [1.165, 1.54) is 0 Å². The molecular weight excluding hydrogens is 306 g/mol. The first-order chi connectivity index (χ1) is 10.1. The molecule has 1 spiro atoms. The quantitative estimate of drug-likeness (QED) is 0.810. The highest BCUT2D eigenvalue weighted by atomic mass is 35.5. The molecule has 2 amide bonds. The van der Waals surface area contributed by atoms with Gasteiger partial charge in [-0.15, -0.1) is 12.4 Å². The second kappa shape index (κ2) is 5.57. The van der Waals surface area contributed by atoms with Crippen LogP contribution in [0.5, 0.6) is 0 Å². The summed E-state index contributed by atoms with van der Waals surface area (Å²) in [5, 5.41) is 3.33. The lowest BCUT2D eigenvalue weighted by molar-refractivity contribution is -0.136. The summed E-state index contributed by atoms with van der Waals surface area (Å²) in [6.45, 7) is 6.81. The molecule has 4 fully saturated rings. The summed E-state index contributed by atoms with van der Waals surface area (Å²) in [6, 6.07) is 0.